The number of hydrogen-bond donors (Lipinski definition) is 2. The van der Waals surface area contributed by atoms with Crippen LogP contribution in [0.4, 0.5) is 0 Å². The van der Waals surface area contributed by atoms with Gasteiger partial charge >= 0.3 is 5.97 Å². The Morgan fingerprint density at radius 2 is 1.55 bits per heavy atom. The van der Waals surface area contributed by atoms with E-state index in [1.165, 1.54) is 12.5 Å². The summed E-state index contributed by atoms with van der Waals surface area (Å²) in [7, 11) is 0. The van der Waals surface area contributed by atoms with Crippen LogP contribution in [-0.2, 0) is 9.59 Å². The van der Waals surface area contributed by atoms with Crippen molar-refractivity contribution in [1.82, 2.24) is 5.32 Å². The quantitative estimate of drug-likeness (QED) is 0.840. The molecule has 0 aliphatic rings. The third-order valence-electron chi connectivity index (χ3n) is 3.41. The van der Waals surface area contributed by atoms with Crippen molar-refractivity contribution < 1.29 is 14.7 Å². The minimum Gasteiger partial charge on any atom is -0.480 e. The molecule has 0 aromatic heterocycles. The van der Waals surface area contributed by atoms with Crippen LogP contribution in [0.3, 0.4) is 0 Å². The summed E-state index contributed by atoms with van der Waals surface area (Å²) >= 11 is 0. The van der Waals surface area contributed by atoms with Crippen LogP contribution in [0.2, 0.25) is 0 Å². The average molecular weight is 277 g/mol. The first-order valence-corrected chi connectivity index (χ1v) is 6.93. The lowest BCUT2D eigenvalue weighted by atomic mass is 9.94. The highest BCUT2D eigenvalue weighted by Gasteiger charge is 2.16. The number of carboxylic acid groups (broad SMARTS) is 1. The van der Waals surface area contributed by atoms with E-state index in [0.717, 1.165) is 5.56 Å². The summed E-state index contributed by atoms with van der Waals surface area (Å²) in [6, 6.07) is 7.38. The van der Waals surface area contributed by atoms with Crippen molar-refractivity contribution in [3.8, 4) is 0 Å². The summed E-state index contributed by atoms with van der Waals surface area (Å²) in [6.45, 7) is 7.70. The number of amides is 1. The molecule has 2 atom stereocenters. The molecule has 2 unspecified atom stereocenters. The van der Waals surface area contributed by atoms with Crippen molar-refractivity contribution in [3.05, 3.63) is 35.4 Å². The average Bonchev–Trinajstić information content (AvgIpc) is 2.38. The molecule has 110 valence electrons. The van der Waals surface area contributed by atoms with Gasteiger partial charge in [-0.1, -0.05) is 45.0 Å². The SMILES string of the molecule is CC(NC(=O)CC(C)c1ccc(C(C)C)cc1)C(=O)O. The van der Waals surface area contributed by atoms with Crippen molar-refractivity contribution in [2.75, 3.05) is 0 Å². The van der Waals surface area contributed by atoms with E-state index in [4.69, 9.17) is 5.11 Å². The number of benzene rings is 1. The standard InChI is InChI=1S/C16H23NO3/c1-10(2)13-5-7-14(8-6-13)11(3)9-15(18)17-12(4)16(19)20/h5-8,10-12H,9H2,1-4H3,(H,17,18)(H,19,20). The Morgan fingerprint density at radius 3 is 2.00 bits per heavy atom. The molecule has 20 heavy (non-hydrogen) atoms. The number of carbonyl (C=O) groups excluding carboxylic acids is 1. The van der Waals surface area contributed by atoms with E-state index in [1.807, 2.05) is 19.1 Å². The lowest BCUT2D eigenvalue weighted by molar-refractivity contribution is -0.141. The molecule has 1 rings (SSSR count). The first-order chi connectivity index (χ1) is 9.31. The second kappa shape index (κ2) is 7.08. The van der Waals surface area contributed by atoms with Gasteiger partial charge in [-0.25, -0.2) is 0 Å². The van der Waals surface area contributed by atoms with Crippen LogP contribution in [0.5, 0.6) is 0 Å². The third-order valence-corrected chi connectivity index (χ3v) is 3.41. The van der Waals surface area contributed by atoms with Crippen molar-refractivity contribution >= 4 is 11.9 Å². The van der Waals surface area contributed by atoms with Crippen LogP contribution in [0, 0.1) is 0 Å². The fourth-order valence-electron chi connectivity index (χ4n) is 1.97. The summed E-state index contributed by atoms with van der Waals surface area (Å²) in [5.41, 5.74) is 2.36. The number of rotatable bonds is 6. The highest BCUT2D eigenvalue weighted by atomic mass is 16.4. The molecule has 0 aliphatic heterocycles. The van der Waals surface area contributed by atoms with Crippen LogP contribution in [0.15, 0.2) is 24.3 Å². The van der Waals surface area contributed by atoms with Gasteiger partial charge in [-0.2, -0.15) is 0 Å². The Balaban J connectivity index is 2.59. The van der Waals surface area contributed by atoms with Gasteiger partial charge in [-0.3, -0.25) is 9.59 Å². The fourth-order valence-corrected chi connectivity index (χ4v) is 1.97. The number of aliphatic carboxylic acids is 1. The molecule has 0 fully saturated rings. The largest absolute Gasteiger partial charge is 0.480 e. The van der Waals surface area contributed by atoms with Gasteiger partial charge < -0.3 is 10.4 Å². The molecule has 0 saturated carbocycles. The van der Waals surface area contributed by atoms with E-state index in [-0.39, 0.29) is 11.8 Å². The number of nitrogens with one attached hydrogen (secondary N) is 1. The molecule has 4 nitrogen and oxygen atoms in total. The molecule has 0 radical (unpaired) electrons. The molecular weight excluding hydrogens is 254 g/mol. The van der Waals surface area contributed by atoms with Crippen molar-refractivity contribution in [2.24, 2.45) is 0 Å². The van der Waals surface area contributed by atoms with Crippen LogP contribution < -0.4 is 5.32 Å². The van der Waals surface area contributed by atoms with Gasteiger partial charge in [-0.05, 0) is 29.9 Å². The molecular formula is C16H23NO3. The van der Waals surface area contributed by atoms with Gasteiger partial charge in [-0.15, -0.1) is 0 Å². The zero-order valence-corrected chi connectivity index (χ0v) is 12.5. The number of carbonyl (C=O) groups is 2. The fraction of sp³-hybridized carbons (Fsp3) is 0.500. The van der Waals surface area contributed by atoms with Gasteiger partial charge in [0.25, 0.3) is 0 Å². The molecule has 1 aromatic carbocycles. The lowest BCUT2D eigenvalue weighted by Gasteiger charge is -2.15. The maximum Gasteiger partial charge on any atom is 0.325 e. The van der Waals surface area contributed by atoms with E-state index in [2.05, 4.69) is 31.3 Å². The summed E-state index contributed by atoms with van der Waals surface area (Å²) in [6.07, 6.45) is 0.290. The van der Waals surface area contributed by atoms with E-state index < -0.39 is 12.0 Å². The molecule has 1 amide bonds. The second-order valence-electron chi connectivity index (χ2n) is 5.55. The van der Waals surface area contributed by atoms with E-state index in [1.54, 1.807) is 0 Å². The number of carboxylic acids is 1. The smallest absolute Gasteiger partial charge is 0.325 e. The Morgan fingerprint density at radius 1 is 1.05 bits per heavy atom. The number of hydrogen-bond acceptors (Lipinski definition) is 2. The summed E-state index contributed by atoms with van der Waals surface area (Å²) in [4.78, 5) is 22.4. The third kappa shape index (κ3) is 4.68. The molecule has 2 N–H and O–H groups in total. The van der Waals surface area contributed by atoms with Crippen LogP contribution in [-0.4, -0.2) is 23.0 Å². The van der Waals surface area contributed by atoms with Crippen molar-refractivity contribution in [3.63, 3.8) is 0 Å². The topological polar surface area (TPSA) is 66.4 Å². The first kappa shape index (κ1) is 16.2. The lowest BCUT2D eigenvalue weighted by Crippen LogP contribution is -2.38. The van der Waals surface area contributed by atoms with Gasteiger partial charge in [0.15, 0.2) is 0 Å². The van der Waals surface area contributed by atoms with E-state index >= 15 is 0 Å². The maximum absolute atomic E-state index is 11.7. The van der Waals surface area contributed by atoms with Crippen LogP contribution in [0.25, 0.3) is 0 Å². The molecule has 0 heterocycles. The normalized spacial score (nSPS) is 13.8. The summed E-state index contributed by atoms with van der Waals surface area (Å²) in [5.74, 6) is -0.705. The Bertz CT molecular complexity index is 465. The van der Waals surface area contributed by atoms with Crippen LogP contribution in [0.1, 0.15) is 57.1 Å². The summed E-state index contributed by atoms with van der Waals surface area (Å²) < 4.78 is 0. The van der Waals surface area contributed by atoms with Crippen molar-refractivity contribution in [2.45, 2.75) is 52.0 Å². The Hall–Kier alpha value is -1.84. The molecule has 0 bridgehead atoms. The highest BCUT2D eigenvalue weighted by molar-refractivity contribution is 5.83. The highest BCUT2D eigenvalue weighted by Crippen LogP contribution is 2.22. The zero-order valence-electron chi connectivity index (χ0n) is 12.5. The molecule has 0 saturated heterocycles. The zero-order chi connectivity index (χ0) is 15.3. The van der Waals surface area contributed by atoms with Gasteiger partial charge in [0.2, 0.25) is 5.91 Å². The molecule has 0 aliphatic carbocycles. The predicted octanol–water partition coefficient (Wildman–Crippen LogP) is 2.89. The Kier molecular flexibility index (Phi) is 5.74. The van der Waals surface area contributed by atoms with E-state index in [0.29, 0.717) is 12.3 Å². The maximum atomic E-state index is 11.7. The minimum atomic E-state index is -1.02. The second-order valence-corrected chi connectivity index (χ2v) is 5.55. The first-order valence-electron chi connectivity index (χ1n) is 6.93. The van der Waals surface area contributed by atoms with Gasteiger partial charge in [0, 0.05) is 6.42 Å². The minimum absolute atomic E-state index is 0.0669. The van der Waals surface area contributed by atoms with Gasteiger partial charge in [0.05, 0.1) is 0 Å². The monoisotopic (exact) mass is 277 g/mol. The van der Waals surface area contributed by atoms with E-state index in [9.17, 15) is 9.59 Å². The van der Waals surface area contributed by atoms with Gasteiger partial charge in [0.1, 0.15) is 6.04 Å². The molecule has 4 heteroatoms. The Labute approximate surface area is 120 Å². The predicted molar refractivity (Wildman–Crippen MR) is 78.8 cm³/mol. The van der Waals surface area contributed by atoms with Crippen LogP contribution >= 0.6 is 0 Å². The molecule has 0 spiro atoms. The molecule has 1 aromatic rings. The summed E-state index contributed by atoms with van der Waals surface area (Å²) in [5, 5.41) is 11.2. The van der Waals surface area contributed by atoms with Crippen molar-refractivity contribution in [1.29, 1.82) is 0 Å².